The minimum absolute atomic E-state index is 0.698. The van der Waals surface area contributed by atoms with Crippen LogP contribution >= 0.6 is 11.6 Å². The van der Waals surface area contributed by atoms with E-state index in [2.05, 4.69) is 25.4 Å². The topological polar surface area (TPSA) is 56.8 Å². The molecule has 0 atom stereocenters. The van der Waals surface area contributed by atoms with Gasteiger partial charge in [-0.05, 0) is 43.2 Å². The summed E-state index contributed by atoms with van der Waals surface area (Å²) in [5, 5.41) is 12.1. The number of hydrogen-bond donors (Lipinski definition) is 2. The van der Waals surface area contributed by atoms with Gasteiger partial charge in [-0.25, -0.2) is 4.98 Å². The molecule has 1 aliphatic rings. The molecule has 1 fully saturated rings. The van der Waals surface area contributed by atoms with Crippen LogP contribution < -0.4 is 10.2 Å². The maximum absolute atomic E-state index is 6.25. The van der Waals surface area contributed by atoms with Crippen LogP contribution in [0.15, 0.2) is 36.5 Å². The van der Waals surface area contributed by atoms with Crippen LogP contribution in [0.25, 0.3) is 10.9 Å². The first-order chi connectivity index (χ1) is 10.8. The van der Waals surface area contributed by atoms with Crippen LogP contribution in [0.1, 0.15) is 12.8 Å². The van der Waals surface area contributed by atoms with Crippen molar-refractivity contribution in [1.29, 1.82) is 0 Å². The first-order valence-electron chi connectivity index (χ1n) is 7.41. The van der Waals surface area contributed by atoms with Gasteiger partial charge < -0.3 is 10.2 Å². The van der Waals surface area contributed by atoms with Crippen LogP contribution in [0.4, 0.5) is 17.3 Å². The number of aromatic nitrogens is 3. The fourth-order valence-electron chi connectivity index (χ4n) is 2.82. The van der Waals surface area contributed by atoms with Gasteiger partial charge in [0.1, 0.15) is 11.6 Å². The first-order valence-corrected chi connectivity index (χ1v) is 7.78. The zero-order valence-corrected chi connectivity index (χ0v) is 12.8. The molecule has 0 unspecified atom stereocenters. The van der Waals surface area contributed by atoms with Gasteiger partial charge in [-0.3, -0.25) is 5.10 Å². The Morgan fingerprint density at radius 3 is 2.86 bits per heavy atom. The van der Waals surface area contributed by atoms with E-state index in [4.69, 9.17) is 11.6 Å². The Hall–Kier alpha value is -2.27. The highest BCUT2D eigenvalue weighted by molar-refractivity contribution is 6.31. The Morgan fingerprint density at radius 1 is 1.14 bits per heavy atom. The average Bonchev–Trinajstić information content (AvgIpc) is 3.18. The molecule has 2 N–H and O–H groups in total. The van der Waals surface area contributed by atoms with E-state index in [1.807, 2.05) is 36.5 Å². The summed E-state index contributed by atoms with van der Waals surface area (Å²) < 4.78 is 0. The van der Waals surface area contributed by atoms with Gasteiger partial charge in [0.15, 0.2) is 0 Å². The number of anilines is 3. The van der Waals surface area contributed by atoms with Crippen molar-refractivity contribution >= 4 is 39.8 Å². The number of nitrogens with zero attached hydrogens (tertiary/aromatic N) is 3. The molecule has 2 aromatic heterocycles. The smallest absolute Gasteiger partial charge is 0.134 e. The third-order valence-electron chi connectivity index (χ3n) is 3.92. The molecule has 3 aromatic rings. The van der Waals surface area contributed by atoms with Crippen LogP contribution in [-0.4, -0.2) is 28.3 Å². The van der Waals surface area contributed by atoms with Gasteiger partial charge in [0.25, 0.3) is 0 Å². The molecule has 0 bridgehead atoms. The Morgan fingerprint density at radius 2 is 2.00 bits per heavy atom. The van der Waals surface area contributed by atoms with Crippen molar-refractivity contribution in [3.05, 3.63) is 41.6 Å². The molecule has 112 valence electrons. The highest BCUT2D eigenvalue weighted by Crippen LogP contribution is 2.27. The lowest BCUT2D eigenvalue weighted by molar-refractivity contribution is 0.939. The summed E-state index contributed by atoms with van der Waals surface area (Å²) in [5.74, 6) is 1.70. The predicted molar refractivity (Wildman–Crippen MR) is 90.1 cm³/mol. The molecular formula is C16H16ClN5. The molecule has 1 saturated heterocycles. The average molecular weight is 314 g/mol. The van der Waals surface area contributed by atoms with E-state index in [9.17, 15) is 0 Å². The van der Waals surface area contributed by atoms with Gasteiger partial charge in [0, 0.05) is 29.2 Å². The summed E-state index contributed by atoms with van der Waals surface area (Å²) in [4.78, 5) is 6.96. The zero-order chi connectivity index (χ0) is 14.9. The van der Waals surface area contributed by atoms with Crippen molar-refractivity contribution in [1.82, 2.24) is 15.2 Å². The number of pyridine rings is 1. The summed E-state index contributed by atoms with van der Waals surface area (Å²) in [5.41, 5.74) is 1.98. The summed E-state index contributed by atoms with van der Waals surface area (Å²) in [6.07, 6.45) is 4.24. The molecule has 22 heavy (non-hydrogen) atoms. The molecule has 0 aliphatic carbocycles. The van der Waals surface area contributed by atoms with Crippen LogP contribution in [-0.2, 0) is 0 Å². The highest BCUT2D eigenvalue weighted by Gasteiger charge is 2.15. The molecule has 3 heterocycles. The van der Waals surface area contributed by atoms with Crippen molar-refractivity contribution in [2.24, 2.45) is 0 Å². The van der Waals surface area contributed by atoms with Crippen molar-refractivity contribution in [2.75, 3.05) is 23.3 Å². The van der Waals surface area contributed by atoms with Crippen LogP contribution in [0.3, 0.4) is 0 Å². The van der Waals surface area contributed by atoms with E-state index < -0.39 is 0 Å². The maximum atomic E-state index is 6.25. The van der Waals surface area contributed by atoms with E-state index in [0.717, 1.165) is 41.3 Å². The molecular weight excluding hydrogens is 298 g/mol. The molecule has 5 nitrogen and oxygen atoms in total. The Kier molecular flexibility index (Phi) is 3.35. The number of hydrogen-bond acceptors (Lipinski definition) is 4. The quantitative estimate of drug-likeness (QED) is 0.768. The molecule has 6 heteroatoms. The highest BCUT2D eigenvalue weighted by atomic mass is 35.5. The molecule has 0 saturated carbocycles. The summed E-state index contributed by atoms with van der Waals surface area (Å²) in [6.45, 7) is 2.10. The second-order valence-corrected chi connectivity index (χ2v) is 5.96. The van der Waals surface area contributed by atoms with E-state index >= 15 is 0 Å². The Balaban J connectivity index is 1.63. The molecule has 4 rings (SSSR count). The largest absolute Gasteiger partial charge is 0.357 e. The Bertz CT molecular complexity index is 807. The van der Waals surface area contributed by atoms with Crippen molar-refractivity contribution in [3.63, 3.8) is 0 Å². The zero-order valence-electron chi connectivity index (χ0n) is 12.0. The number of nitrogens with one attached hydrogen (secondary N) is 2. The number of H-pyrrole nitrogens is 1. The van der Waals surface area contributed by atoms with Crippen LogP contribution in [0, 0.1) is 0 Å². The van der Waals surface area contributed by atoms with Gasteiger partial charge in [-0.1, -0.05) is 11.6 Å². The summed E-state index contributed by atoms with van der Waals surface area (Å²) >= 11 is 6.25. The molecule has 0 amide bonds. The van der Waals surface area contributed by atoms with E-state index in [1.165, 1.54) is 12.8 Å². The standard InChI is InChI=1S/C16H16ClN5/c17-12-8-15(20-16(9-12)22-5-1-2-6-22)19-13-3-4-14-11(7-13)10-18-21-14/h3-4,7-10H,1-2,5-6H2,(H,18,21)(H,19,20). The molecule has 1 aliphatic heterocycles. The Labute approximate surface area is 133 Å². The van der Waals surface area contributed by atoms with E-state index in [-0.39, 0.29) is 0 Å². The maximum Gasteiger partial charge on any atom is 0.134 e. The predicted octanol–water partition coefficient (Wildman–Crippen LogP) is 3.96. The number of halogens is 1. The van der Waals surface area contributed by atoms with Crippen molar-refractivity contribution < 1.29 is 0 Å². The fourth-order valence-corrected chi connectivity index (χ4v) is 3.03. The number of rotatable bonds is 3. The van der Waals surface area contributed by atoms with Gasteiger partial charge in [-0.15, -0.1) is 0 Å². The van der Waals surface area contributed by atoms with E-state index in [0.29, 0.717) is 5.02 Å². The normalized spacial score (nSPS) is 14.7. The van der Waals surface area contributed by atoms with Gasteiger partial charge in [0.05, 0.1) is 11.7 Å². The molecule has 1 aromatic carbocycles. The second-order valence-electron chi connectivity index (χ2n) is 5.52. The molecule has 0 spiro atoms. The number of fused-ring (bicyclic) bond motifs is 1. The van der Waals surface area contributed by atoms with Gasteiger partial charge in [-0.2, -0.15) is 5.10 Å². The SMILES string of the molecule is Clc1cc(Nc2ccc3[nH]ncc3c2)nc(N2CCCC2)c1. The third kappa shape index (κ3) is 2.60. The lowest BCUT2D eigenvalue weighted by atomic mass is 10.2. The minimum Gasteiger partial charge on any atom is -0.357 e. The monoisotopic (exact) mass is 313 g/mol. The molecule has 0 radical (unpaired) electrons. The second kappa shape index (κ2) is 5.50. The lowest BCUT2D eigenvalue weighted by Crippen LogP contribution is -2.19. The number of aromatic amines is 1. The van der Waals surface area contributed by atoms with Gasteiger partial charge in [0.2, 0.25) is 0 Å². The first kappa shape index (κ1) is 13.4. The fraction of sp³-hybridized carbons (Fsp3) is 0.250. The lowest BCUT2D eigenvalue weighted by Gasteiger charge is -2.18. The van der Waals surface area contributed by atoms with Crippen molar-refractivity contribution in [2.45, 2.75) is 12.8 Å². The van der Waals surface area contributed by atoms with Crippen LogP contribution in [0.2, 0.25) is 5.02 Å². The minimum atomic E-state index is 0.698. The van der Waals surface area contributed by atoms with Crippen molar-refractivity contribution in [3.8, 4) is 0 Å². The van der Waals surface area contributed by atoms with Gasteiger partial charge >= 0.3 is 0 Å². The van der Waals surface area contributed by atoms with E-state index in [1.54, 1.807) is 0 Å². The third-order valence-corrected chi connectivity index (χ3v) is 4.14. The number of benzene rings is 1. The van der Waals surface area contributed by atoms with Crippen LogP contribution in [0.5, 0.6) is 0 Å². The summed E-state index contributed by atoms with van der Waals surface area (Å²) in [7, 11) is 0. The summed E-state index contributed by atoms with van der Waals surface area (Å²) in [6, 6.07) is 9.81.